The Morgan fingerprint density at radius 1 is 0.938 bits per heavy atom. The third-order valence-electron chi connectivity index (χ3n) is 7.47. The van der Waals surface area contributed by atoms with Crippen molar-refractivity contribution in [2.75, 3.05) is 26.5 Å². The molecule has 0 amide bonds. The van der Waals surface area contributed by atoms with Gasteiger partial charge in [-0.05, 0) is 82.0 Å². The Balaban J connectivity index is 1.85. The maximum atomic E-state index is 12.4. The normalized spacial score (nSPS) is 26.7. The fourth-order valence-electron chi connectivity index (χ4n) is 5.38. The van der Waals surface area contributed by atoms with E-state index in [1.54, 1.807) is 6.92 Å². The predicted molar refractivity (Wildman–Crippen MR) is 123 cm³/mol. The summed E-state index contributed by atoms with van der Waals surface area (Å²) in [5.74, 6) is 1.40. The number of ether oxygens (including phenoxy) is 2. The molecule has 6 heteroatoms. The molecular weight excluding hydrogens is 411 g/mol. The predicted octanol–water partition coefficient (Wildman–Crippen LogP) is 5.18. The van der Waals surface area contributed by atoms with Crippen LogP contribution in [-0.4, -0.2) is 43.5 Å². The van der Waals surface area contributed by atoms with Crippen LogP contribution in [0.3, 0.4) is 0 Å². The van der Waals surface area contributed by atoms with E-state index in [1.807, 2.05) is 0 Å². The van der Waals surface area contributed by atoms with Crippen LogP contribution in [-0.2, 0) is 19.1 Å². The Bertz CT molecular complexity index is 630. The first-order chi connectivity index (χ1) is 15.3. The van der Waals surface area contributed by atoms with Crippen LogP contribution in [0.1, 0.15) is 71.1 Å². The van der Waals surface area contributed by atoms with Crippen molar-refractivity contribution in [1.82, 2.24) is 0 Å². The first-order valence-corrected chi connectivity index (χ1v) is 12.2. The zero-order valence-electron chi connectivity index (χ0n) is 19.7. The molecule has 2 aliphatic carbocycles. The SMILES string of the molecule is C=C(C)C(=O)OCC(COC(=O)C(=C)CO)C1CCC(C2CCC(CCCF)CC2)CC1. The van der Waals surface area contributed by atoms with Crippen molar-refractivity contribution in [3.63, 3.8) is 0 Å². The van der Waals surface area contributed by atoms with Crippen LogP contribution in [0.4, 0.5) is 4.39 Å². The van der Waals surface area contributed by atoms with Gasteiger partial charge in [0.15, 0.2) is 0 Å². The minimum atomic E-state index is -0.609. The number of halogens is 1. The van der Waals surface area contributed by atoms with Crippen LogP contribution in [0, 0.1) is 29.6 Å². The van der Waals surface area contributed by atoms with Gasteiger partial charge in [-0.15, -0.1) is 0 Å². The minimum absolute atomic E-state index is 0.0218. The summed E-state index contributed by atoms with van der Waals surface area (Å²) in [6, 6.07) is 0. The molecule has 1 unspecified atom stereocenters. The van der Waals surface area contributed by atoms with Gasteiger partial charge >= 0.3 is 11.9 Å². The summed E-state index contributed by atoms with van der Waals surface area (Å²) in [6.07, 6.45) is 11.1. The molecule has 182 valence electrons. The number of hydrogen-bond donors (Lipinski definition) is 1. The van der Waals surface area contributed by atoms with Crippen molar-refractivity contribution in [3.8, 4) is 0 Å². The van der Waals surface area contributed by atoms with Crippen LogP contribution in [0.15, 0.2) is 24.3 Å². The molecule has 1 N–H and O–H groups in total. The molecule has 2 aliphatic rings. The summed E-state index contributed by atoms with van der Waals surface area (Å²) < 4.78 is 23.2. The Morgan fingerprint density at radius 2 is 1.47 bits per heavy atom. The lowest BCUT2D eigenvalue weighted by Crippen LogP contribution is -2.33. The molecule has 0 bridgehead atoms. The number of hydrogen-bond acceptors (Lipinski definition) is 5. The van der Waals surface area contributed by atoms with E-state index in [2.05, 4.69) is 13.2 Å². The second-order valence-electron chi connectivity index (χ2n) is 9.79. The van der Waals surface area contributed by atoms with E-state index < -0.39 is 18.5 Å². The number of alkyl halides is 1. The van der Waals surface area contributed by atoms with Crippen molar-refractivity contribution < 1.29 is 28.6 Å². The molecule has 5 nitrogen and oxygen atoms in total. The maximum absolute atomic E-state index is 12.4. The Morgan fingerprint density at radius 3 is 1.97 bits per heavy atom. The summed E-state index contributed by atoms with van der Waals surface area (Å²) in [6.45, 7) is 8.44. The summed E-state index contributed by atoms with van der Waals surface area (Å²) in [5, 5.41) is 9.07. The number of esters is 2. The quantitative estimate of drug-likeness (QED) is 0.326. The second kappa shape index (κ2) is 13.8. The van der Waals surface area contributed by atoms with Crippen molar-refractivity contribution in [1.29, 1.82) is 0 Å². The molecule has 0 aromatic heterocycles. The molecule has 2 saturated carbocycles. The smallest absolute Gasteiger partial charge is 0.335 e. The molecule has 2 fully saturated rings. The number of aliphatic hydroxyl groups is 1. The Kier molecular flexibility index (Phi) is 11.4. The summed E-state index contributed by atoms with van der Waals surface area (Å²) in [5.41, 5.74) is 0.369. The summed E-state index contributed by atoms with van der Waals surface area (Å²) in [4.78, 5) is 23.8. The molecule has 0 aromatic carbocycles. The standard InChI is InChI=1S/C26H41FO5/c1-18(2)25(29)31-16-24(17-32-26(30)19(3)15-28)23-12-10-22(11-13-23)21-8-6-20(7-9-21)5-4-14-27/h20-24,28H,1,3-17H2,2H3. The lowest BCUT2D eigenvalue weighted by Gasteiger charge is -2.39. The van der Waals surface area contributed by atoms with Gasteiger partial charge in [0.25, 0.3) is 0 Å². The van der Waals surface area contributed by atoms with Gasteiger partial charge in [0.05, 0.1) is 32.1 Å². The molecule has 0 saturated heterocycles. The molecular formula is C26H41FO5. The van der Waals surface area contributed by atoms with Gasteiger partial charge < -0.3 is 14.6 Å². The number of carbonyl (C=O) groups excluding carboxylic acids is 2. The Labute approximate surface area is 192 Å². The van der Waals surface area contributed by atoms with E-state index in [4.69, 9.17) is 14.6 Å². The van der Waals surface area contributed by atoms with Crippen molar-refractivity contribution >= 4 is 11.9 Å². The zero-order chi connectivity index (χ0) is 23.5. The van der Waals surface area contributed by atoms with E-state index in [-0.39, 0.29) is 31.4 Å². The number of rotatable bonds is 12. The molecule has 0 heterocycles. The first kappa shape index (κ1) is 26.6. The van der Waals surface area contributed by atoms with E-state index >= 15 is 0 Å². The van der Waals surface area contributed by atoms with Gasteiger partial charge in [-0.3, -0.25) is 4.39 Å². The highest BCUT2D eigenvalue weighted by Gasteiger charge is 2.34. The van der Waals surface area contributed by atoms with Crippen LogP contribution >= 0.6 is 0 Å². The minimum Gasteiger partial charge on any atom is -0.462 e. The lowest BCUT2D eigenvalue weighted by atomic mass is 9.67. The maximum Gasteiger partial charge on any atom is 0.335 e. The molecule has 2 rings (SSSR count). The van der Waals surface area contributed by atoms with Crippen molar-refractivity contribution in [3.05, 3.63) is 24.3 Å². The highest BCUT2D eigenvalue weighted by Crippen LogP contribution is 2.43. The number of aliphatic hydroxyl groups excluding tert-OH is 1. The van der Waals surface area contributed by atoms with E-state index in [0.29, 0.717) is 23.8 Å². The van der Waals surface area contributed by atoms with Crippen molar-refractivity contribution in [2.24, 2.45) is 29.6 Å². The van der Waals surface area contributed by atoms with E-state index in [9.17, 15) is 14.0 Å². The van der Waals surface area contributed by atoms with Crippen LogP contribution in [0.5, 0.6) is 0 Å². The third kappa shape index (κ3) is 8.34. The highest BCUT2D eigenvalue weighted by atomic mass is 19.1. The molecule has 0 aliphatic heterocycles. The summed E-state index contributed by atoms with van der Waals surface area (Å²) in [7, 11) is 0. The van der Waals surface area contributed by atoms with Gasteiger partial charge in [-0.2, -0.15) is 0 Å². The fraction of sp³-hybridized carbons (Fsp3) is 0.769. The van der Waals surface area contributed by atoms with Gasteiger partial charge in [0.1, 0.15) is 0 Å². The largest absolute Gasteiger partial charge is 0.462 e. The lowest BCUT2D eigenvalue weighted by molar-refractivity contribution is -0.146. The van der Waals surface area contributed by atoms with Crippen LogP contribution in [0.2, 0.25) is 0 Å². The van der Waals surface area contributed by atoms with Gasteiger partial charge in [-0.1, -0.05) is 26.0 Å². The molecule has 0 aromatic rings. The zero-order valence-corrected chi connectivity index (χ0v) is 19.7. The first-order valence-electron chi connectivity index (χ1n) is 12.2. The molecule has 0 radical (unpaired) electrons. The highest BCUT2D eigenvalue weighted by molar-refractivity contribution is 5.88. The van der Waals surface area contributed by atoms with Gasteiger partial charge in [0.2, 0.25) is 0 Å². The third-order valence-corrected chi connectivity index (χ3v) is 7.47. The fourth-order valence-corrected chi connectivity index (χ4v) is 5.38. The van der Waals surface area contributed by atoms with E-state index in [0.717, 1.165) is 43.9 Å². The topological polar surface area (TPSA) is 72.8 Å². The van der Waals surface area contributed by atoms with E-state index in [1.165, 1.54) is 25.7 Å². The average Bonchev–Trinajstić information content (AvgIpc) is 2.82. The Hall–Kier alpha value is -1.69. The van der Waals surface area contributed by atoms with Gasteiger partial charge in [-0.25, -0.2) is 9.59 Å². The number of carbonyl (C=O) groups is 2. The molecule has 1 atom stereocenters. The van der Waals surface area contributed by atoms with Crippen LogP contribution < -0.4 is 0 Å². The monoisotopic (exact) mass is 452 g/mol. The average molecular weight is 453 g/mol. The van der Waals surface area contributed by atoms with Crippen LogP contribution in [0.25, 0.3) is 0 Å². The summed E-state index contributed by atoms with van der Waals surface area (Å²) >= 11 is 0. The second-order valence-corrected chi connectivity index (χ2v) is 9.79. The van der Waals surface area contributed by atoms with Crippen molar-refractivity contribution in [2.45, 2.75) is 71.1 Å². The molecule has 32 heavy (non-hydrogen) atoms. The molecule has 0 spiro atoms. The van der Waals surface area contributed by atoms with Gasteiger partial charge in [0, 0.05) is 11.5 Å².